The summed E-state index contributed by atoms with van der Waals surface area (Å²) in [5, 5.41) is 0. The van der Waals surface area contributed by atoms with Gasteiger partial charge in [-0.2, -0.15) is 0 Å². The predicted molar refractivity (Wildman–Crippen MR) is 87.2 cm³/mol. The number of hydrogen-bond acceptors (Lipinski definition) is 3. The number of esters is 1. The average molecular weight is 309 g/mol. The summed E-state index contributed by atoms with van der Waals surface area (Å²) in [4.78, 5) is 26.2. The predicted octanol–water partition coefficient (Wildman–Crippen LogP) is 3.15. The maximum Gasteiger partial charge on any atom is 0.338 e. The molecule has 0 radical (unpaired) electrons. The van der Waals surface area contributed by atoms with E-state index >= 15 is 0 Å². The van der Waals surface area contributed by atoms with Gasteiger partial charge in [0.2, 0.25) is 0 Å². The van der Waals surface area contributed by atoms with Gasteiger partial charge in [0, 0.05) is 31.5 Å². The molecule has 4 heteroatoms. The van der Waals surface area contributed by atoms with Gasteiger partial charge in [-0.05, 0) is 24.3 Å². The Labute approximate surface area is 135 Å². The number of likely N-dealkylation sites (tertiary alicyclic amines) is 1. The zero-order valence-corrected chi connectivity index (χ0v) is 12.9. The normalized spacial score (nSPS) is 15.2. The number of piperidine rings is 1. The Morgan fingerprint density at radius 2 is 1.35 bits per heavy atom. The topological polar surface area (TPSA) is 46.6 Å². The summed E-state index contributed by atoms with van der Waals surface area (Å²) in [6.45, 7) is 1.22. The number of nitrogens with zero attached hydrogens (tertiary/aromatic N) is 1. The lowest BCUT2D eigenvalue weighted by molar-refractivity contribution is 0.0121. The first kappa shape index (κ1) is 15.3. The summed E-state index contributed by atoms with van der Waals surface area (Å²) in [5.41, 5.74) is 1.27. The van der Waals surface area contributed by atoms with E-state index in [2.05, 4.69) is 0 Å². The Balaban J connectivity index is 1.53. The molecular formula is C19H19NO3. The highest BCUT2D eigenvalue weighted by Gasteiger charge is 2.26. The molecule has 0 atom stereocenters. The van der Waals surface area contributed by atoms with Crippen molar-refractivity contribution >= 4 is 11.9 Å². The Morgan fingerprint density at radius 1 is 0.826 bits per heavy atom. The van der Waals surface area contributed by atoms with Crippen LogP contribution in [0.15, 0.2) is 60.7 Å². The molecular weight excluding hydrogens is 290 g/mol. The fourth-order valence-corrected chi connectivity index (χ4v) is 2.73. The summed E-state index contributed by atoms with van der Waals surface area (Å²) in [6, 6.07) is 18.3. The number of ether oxygens (including phenoxy) is 1. The van der Waals surface area contributed by atoms with E-state index in [-0.39, 0.29) is 18.0 Å². The molecule has 0 N–H and O–H groups in total. The summed E-state index contributed by atoms with van der Waals surface area (Å²) in [6.07, 6.45) is 1.23. The van der Waals surface area contributed by atoms with Crippen molar-refractivity contribution in [2.45, 2.75) is 18.9 Å². The van der Waals surface area contributed by atoms with Crippen LogP contribution in [0, 0.1) is 0 Å². The molecule has 1 saturated heterocycles. The van der Waals surface area contributed by atoms with Gasteiger partial charge in [-0.25, -0.2) is 4.79 Å². The molecule has 1 amide bonds. The van der Waals surface area contributed by atoms with Crippen LogP contribution in [0.25, 0.3) is 0 Å². The SMILES string of the molecule is O=C(OC1CCN(C(=O)c2ccccc2)CC1)c1ccccc1. The lowest BCUT2D eigenvalue weighted by atomic mass is 10.1. The van der Waals surface area contributed by atoms with Crippen LogP contribution < -0.4 is 0 Å². The molecule has 2 aromatic carbocycles. The second-order valence-electron chi connectivity index (χ2n) is 5.63. The van der Waals surface area contributed by atoms with Crippen molar-refractivity contribution in [3.8, 4) is 0 Å². The molecule has 4 nitrogen and oxygen atoms in total. The van der Waals surface area contributed by atoms with Crippen LogP contribution in [0.1, 0.15) is 33.6 Å². The second-order valence-corrected chi connectivity index (χ2v) is 5.63. The molecule has 1 fully saturated rings. The average Bonchev–Trinajstić information content (AvgIpc) is 2.63. The van der Waals surface area contributed by atoms with Crippen LogP contribution in [-0.2, 0) is 4.74 Å². The first-order valence-electron chi connectivity index (χ1n) is 7.84. The molecule has 1 heterocycles. The number of rotatable bonds is 3. The highest BCUT2D eigenvalue weighted by molar-refractivity contribution is 5.94. The molecule has 23 heavy (non-hydrogen) atoms. The molecule has 0 bridgehead atoms. The molecule has 1 aliphatic rings. The van der Waals surface area contributed by atoms with Gasteiger partial charge in [-0.3, -0.25) is 4.79 Å². The molecule has 3 rings (SSSR count). The fourth-order valence-electron chi connectivity index (χ4n) is 2.73. The van der Waals surface area contributed by atoms with Gasteiger partial charge in [-0.1, -0.05) is 36.4 Å². The number of amides is 1. The lowest BCUT2D eigenvalue weighted by Gasteiger charge is -2.31. The zero-order valence-electron chi connectivity index (χ0n) is 12.9. The number of carbonyl (C=O) groups excluding carboxylic acids is 2. The van der Waals surface area contributed by atoms with Crippen LogP contribution in [-0.4, -0.2) is 36.0 Å². The second kappa shape index (κ2) is 7.09. The van der Waals surface area contributed by atoms with Crippen LogP contribution in [0.5, 0.6) is 0 Å². The van der Waals surface area contributed by atoms with Crippen molar-refractivity contribution in [2.24, 2.45) is 0 Å². The summed E-state index contributed by atoms with van der Waals surface area (Å²) >= 11 is 0. The number of hydrogen-bond donors (Lipinski definition) is 0. The van der Waals surface area contributed by atoms with Gasteiger partial charge >= 0.3 is 5.97 Å². The van der Waals surface area contributed by atoms with Crippen LogP contribution in [0.2, 0.25) is 0 Å². The summed E-state index contributed by atoms with van der Waals surface area (Å²) < 4.78 is 5.53. The smallest absolute Gasteiger partial charge is 0.338 e. The van der Waals surface area contributed by atoms with E-state index < -0.39 is 0 Å². The van der Waals surface area contributed by atoms with E-state index in [0.717, 1.165) is 0 Å². The monoisotopic (exact) mass is 309 g/mol. The highest BCUT2D eigenvalue weighted by Crippen LogP contribution is 2.17. The molecule has 0 aromatic heterocycles. The minimum Gasteiger partial charge on any atom is -0.459 e. The Morgan fingerprint density at radius 3 is 1.91 bits per heavy atom. The van der Waals surface area contributed by atoms with Crippen LogP contribution in [0.4, 0.5) is 0 Å². The fraction of sp³-hybridized carbons (Fsp3) is 0.263. The van der Waals surface area contributed by atoms with Crippen molar-refractivity contribution in [2.75, 3.05) is 13.1 Å². The van der Waals surface area contributed by atoms with E-state index in [4.69, 9.17) is 4.74 Å². The van der Waals surface area contributed by atoms with Gasteiger partial charge < -0.3 is 9.64 Å². The largest absolute Gasteiger partial charge is 0.459 e. The minimum absolute atomic E-state index is 0.0402. The lowest BCUT2D eigenvalue weighted by Crippen LogP contribution is -2.41. The van der Waals surface area contributed by atoms with Gasteiger partial charge in [-0.15, -0.1) is 0 Å². The summed E-state index contributed by atoms with van der Waals surface area (Å²) in [5.74, 6) is -0.253. The van der Waals surface area contributed by atoms with Gasteiger partial charge in [0.1, 0.15) is 6.10 Å². The maximum atomic E-state index is 12.4. The Hall–Kier alpha value is -2.62. The molecule has 118 valence electrons. The van der Waals surface area contributed by atoms with Crippen LogP contribution in [0.3, 0.4) is 0 Å². The van der Waals surface area contributed by atoms with E-state index in [1.54, 1.807) is 12.1 Å². The zero-order chi connectivity index (χ0) is 16.1. The van der Waals surface area contributed by atoms with Gasteiger partial charge in [0.15, 0.2) is 0 Å². The van der Waals surface area contributed by atoms with Crippen molar-refractivity contribution < 1.29 is 14.3 Å². The van der Waals surface area contributed by atoms with Crippen molar-refractivity contribution in [1.82, 2.24) is 4.90 Å². The molecule has 0 unspecified atom stereocenters. The van der Waals surface area contributed by atoms with Crippen molar-refractivity contribution in [3.63, 3.8) is 0 Å². The van der Waals surface area contributed by atoms with E-state index in [1.807, 2.05) is 53.4 Å². The van der Waals surface area contributed by atoms with Gasteiger partial charge in [0.05, 0.1) is 5.56 Å². The first-order chi connectivity index (χ1) is 11.2. The van der Waals surface area contributed by atoms with Gasteiger partial charge in [0.25, 0.3) is 5.91 Å². The molecule has 2 aromatic rings. The van der Waals surface area contributed by atoms with Crippen molar-refractivity contribution in [1.29, 1.82) is 0 Å². The van der Waals surface area contributed by atoms with Crippen molar-refractivity contribution in [3.05, 3.63) is 71.8 Å². The first-order valence-corrected chi connectivity index (χ1v) is 7.84. The van der Waals surface area contributed by atoms with E-state index in [0.29, 0.717) is 37.1 Å². The number of carbonyl (C=O) groups is 2. The Bertz CT molecular complexity index is 662. The third kappa shape index (κ3) is 3.77. The quantitative estimate of drug-likeness (QED) is 0.818. The molecule has 0 saturated carbocycles. The molecule has 0 aliphatic carbocycles. The van der Waals surface area contributed by atoms with E-state index in [9.17, 15) is 9.59 Å². The third-order valence-electron chi connectivity index (χ3n) is 4.03. The third-order valence-corrected chi connectivity index (χ3v) is 4.03. The standard InChI is InChI=1S/C19H19NO3/c21-18(15-7-3-1-4-8-15)20-13-11-17(12-14-20)23-19(22)16-9-5-2-6-10-16/h1-10,17H,11-14H2. The Kier molecular flexibility index (Phi) is 4.71. The van der Waals surface area contributed by atoms with E-state index in [1.165, 1.54) is 0 Å². The minimum atomic E-state index is -0.293. The highest BCUT2D eigenvalue weighted by atomic mass is 16.5. The molecule has 0 spiro atoms. The van der Waals surface area contributed by atoms with Crippen LogP contribution >= 0.6 is 0 Å². The maximum absolute atomic E-state index is 12.4. The number of benzene rings is 2. The molecule has 1 aliphatic heterocycles. The summed E-state index contributed by atoms with van der Waals surface area (Å²) in [7, 11) is 0.